The summed E-state index contributed by atoms with van der Waals surface area (Å²) in [5, 5.41) is 12.6. The number of hydrogen-bond donors (Lipinski definition) is 2. The molecule has 18 heavy (non-hydrogen) atoms. The molecule has 0 aliphatic carbocycles. The molecular weight excluding hydrogens is 261 g/mol. The second-order valence-corrected chi connectivity index (χ2v) is 4.14. The van der Waals surface area contributed by atoms with Crippen LogP contribution >= 0.6 is 11.6 Å². The Morgan fingerprint density at radius 2 is 2.22 bits per heavy atom. The van der Waals surface area contributed by atoms with Gasteiger partial charge < -0.3 is 19.9 Å². The zero-order valence-corrected chi connectivity index (χ0v) is 10.9. The molecule has 1 atom stereocenters. The number of ether oxygens (including phenoxy) is 2. The molecule has 1 unspecified atom stereocenters. The maximum absolute atomic E-state index is 12.9. The molecule has 0 heterocycles. The van der Waals surface area contributed by atoms with Gasteiger partial charge in [-0.2, -0.15) is 0 Å². The molecule has 0 aromatic heterocycles. The van der Waals surface area contributed by atoms with Crippen LogP contribution in [-0.4, -0.2) is 44.7 Å². The molecular formula is C12H17ClFNO3. The van der Waals surface area contributed by atoms with Gasteiger partial charge >= 0.3 is 0 Å². The summed E-state index contributed by atoms with van der Waals surface area (Å²) in [5.41, 5.74) is 0.650. The first kappa shape index (κ1) is 15.2. The van der Waals surface area contributed by atoms with Gasteiger partial charge in [-0.3, -0.25) is 0 Å². The van der Waals surface area contributed by atoms with Crippen molar-refractivity contribution in [2.45, 2.75) is 6.10 Å². The van der Waals surface area contributed by atoms with Crippen LogP contribution in [0, 0.1) is 5.82 Å². The fourth-order valence-corrected chi connectivity index (χ4v) is 1.44. The number of rotatable bonds is 8. The summed E-state index contributed by atoms with van der Waals surface area (Å²) in [4.78, 5) is 0. The van der Waals surface area contributed by atoms with E-state index in [2.05, 4.69) is 5.32 Å². The first-order chi connectivity index (χ1) is 8.63. The van der Waals surface area contributed by atoms with Crippen LogP contribution in [0.2, 0.25) is 5.02 Å². The highest BCUT2D eigenvalue weighted by Crippen LogP contribution is 2.19. The highest BCUT2D eigenvalue weighted by atomic mass is 35.5. The third-order valence-electron chi connectivity index (χ3n) is 2.20. The minimum atomic E-state index is -0.648. The SMILES string of the molecule is COCCOCC(O)CNc1ccc(F)c(Cl)c1. The van der Waals surface area contributed by atoms with Crippen molar-refractivity contribution in [1.82, 2.24) is 0 Å². The average molecular weight is 278 g/mol. The Hall–Kier alpha value is -0.880. The molecule has 1 aromatic carbocycles. The van der Waals surface area contributed by atoms with Crippen molar-refractivity contribution in [3.63, 3.8) is 0 Å². The Labute approximate surface area is 111 Å². The van der Waals surface area contributed by atoms with Crippen LogP contribution in [-0.2, 0) is 9.47 Å². The van der Waals surface area contributed by atoms with Gasteiger partial charge in [-0.05, 0) is 18.2 Å². The second-order valence-electron chi connectivity index (χ2n) is 3.73. The van der Waals surface area contributed by atoms with Gasteiger partial charge in [-0.1, -0.05) is 11.6 Å². The van der Waals surface area contributed by atoms with E-state index >= 15 is 0 Å². The number of benzene rings is 1. The fraction of sp³-hybridized carbons (Fsp3) is 0.500. The van der Waals surface area contributed by atoms with Crippen LogP contribution in [0.15, 0.2) is 18.2 Å². The highest BCUT2D eigenvalue weighted by molar-refractivity contribution is 6.31. The van der Waals surface area contributed by atoms with E-state index in [0.29, 0.717) is 25.4 Å². The molecule has 2 N–H and O–H groups in total. The third kappa shape index (κ3) is 5.64. The monoisotopic (exact) mass is 277 g/mol. The molecule has 0 amide bonds. The van der Waals surface area contributed by atoms with Crippen molar-refractivity contribution < 1.29 is 19.0 Å². The van der Waals surface area contributed by atoms with Gasteiger partial charge in [-0.15, -0.1) is 0 Å². The molecule has 0 fully saturated rings. The summed E-state index contributed by atoms with van der Waals surface area (Å²) in [6.07, 6.45) is -0.648. The number of aliphatic hydroxyl groups excluding tert-OH is 1. The van der Waals surface area contributed by atoms with Gasteiger partial charge in [0.15, 0.2) is 0 Å². The maximum atomic E-state index is 12.9. The van der Waals surface area contributed by atoms with E-state index < -0.39 is 11.9 Å². The summed E-state index contributed by atoms with van der Waals surface area (Å²) in [6, 6.07) is 4.29. The zero-order chi connectivity index (χ0) is 13.4. The van der Waals surface area contributed by atoms with E-state index in [9.17, 15) is 9.50 Å². The van der Waals surface area contributed by atoms with Gasteiger partial charge in [0.25, 0.3) is 0 Å². The standard InChI is InChI=1S/C12H17ClFNO3/c1-17-4-5-18-8-10(16)7-15-9-2-3-12(14)11(13)6-9/h2-3,6,10,15-16H,4-5,7-8H2,1H3. The van der Waals surface area contributed by atoms with Crippen molar-refractivity contribution in [2.75, 3.05) is 38.8 Å². The van der Waals surface area contributed by atoms with E-state index in [1.54, 1.807) is 13.2 Å². The molecule has 0 bridgehead atoms. The predicted molar refractivity (Wildman–Crippen MR) is 68.6 cm³/mol. The van der Waals surface area contributed by atoms with Crippen LogP contribution in [0.25, 0.3) is 0 Å². The molecule has 0 spiro atoms. The van der Waals surface area contributed by atoms with E-state index in [1.165, 1.54) is 12.1 Å². The molecule has 4 nitrogen and oxygen atoms in total. The molecule has 0 saturated heterocycles. The number of hydrogen-bond acceptors (Lipinski definition) is 4. The molecule has 6 heteroatoms. The summed E-state index contributed by atoms with van der Waals surface area (Å²) < 4.78 is 22.9. The van der Waals surface area contributed by atoms with E-state index in [-0.39, 0.29) is 11.6 Å². The fourth-order valence-electron chi connectivity index (χ4n) is 1.26. The predicted octanol–water partition coefficient (Wildman–Crippen LogP) is 1.91. The van der Waals surface area contributed by atoms with Gasteiger partial charge in [0.1, 0.15) is 5.82 Å². The van der Waals surface area contributed by atoms with Crippen LogP contribution in [0.5, 0.6) is 0 Å². The van der Waals surface area contributed by atoms with Gasteiger partial charge in [0.2, 0.25) is 0 Å². The quantitative estimate of drug-likeness (QED) is 0.713. The van der Waals surface area contributed by atoms with Crippen molar-refractivity contribution in [3.8, 4) is 0 Å². The lowest BCUT2D eigenvalue weighted by atomic mass is 10.3. The lowest BCUT2D eigenvalue weighted by Crippen LogP contribution is -2.25. The first-order valence-electron chi connectivity index (χ1n) is 5.57. The van der Waals surface area contributed by atoms with Crippen molar-refractivity contribution in [2.24, 2.45) is 0 Å². The van der Waals surface area contributed by atoms with Gasteiger partial charge in [0, 0.05) is 19.3 Å². The third-order valence-corrected chi connectivity index (χ3v) is 2.49. The van der Waals surface area contributed by atoms with Crippen molar-refractivity contribution in [1.29, 1.82) is 0 Å². The van der Waals surface area contributed by atoms with Gasteiger partial charge in [-0.25, -0.2) is 4.39 Å². The highest BCUT2D eigenvalue weighted by Gasteiger charge is 2.05. The summed E-state index contributed by atoms with van der Waals surface area (Å²) in [6.45, 7) is 1.45. The molecule has 0 saturated carbocycles. The molecule has 0 radical (unpaired) electrons. The second kappa shape index (κ2) is 8.26. The number of halogens is 2. The Kier molecular flexibility index (Phi) is 6.97. The number of nitrogens with one attached hydrogen (secondary N) is 1. The molecule has 1 rings (SSSR count). The molecule has 1 aromatic rings. The zero-order valence-electron chi connectivity index (χ0n) is 10.2. The summed E-state index contributed by atoms with van der Waals surface area (Å²) >= 11 is 5.63. The normalized spacial score (nSPS) is 12.4. The van der Waals surface area contributed by atoms with E-state index in [1.807, 2.05) is 0 Å². The lowest BCUT2D eigenvalue weighted by Gasteiger charge is -2.13. The minimum absolute atomic E-state index is 0.0471. The van der Waals surface area contributed by atoms with Crippen LogP contribution < -0.4 is 5.32 Å². The van der Waals surface area contributed by atoms with Crippen molar-refractivity contribution >= 4 is 17.3 Å². The maximum Gasteiger partial charge on any atom is 0.141 e. The van der Waals surface area contributed by atoms with Crippen molar-refractivity contribution in [3.05, 3.63) is 29.0 Å². The smallest absolute Gasteiger partial charge is 0.141 e. The van der Waals surface area contributed by atoms with Crippen LogP contribution in [0.3, 0.4) is 0 Å². The van der Waals surface area contributed by atoms with Gasteiger partial charge in [0.05, 0.1) is 30.9 Å². The molecule has 0 aliphatic heterocycles. The molecule has 0 aliphatic rings. The molecule has 102 valence electrons. The summed E-state index contributed by atoms with van der Waals surface area (Å²) in [5.74, 6) is -0.467. The summed E-state index contributed by atoms with van der Waals surface area (Å²) in [7, 11) is 1.58. The Bertz CT molecular complexity index is 365. The minimum Gasteiger partial charge on any atom is -0.389 e. The lowest BCUT2D eigenvalue weighted by molar-refractivity contribution is 0.0182. The van der Waals surface area contributed by atoms with E-state index in [0.717, 1.165) is 0 Å². The Morgan fingerprint density at radius 3 is 2.89 bits per heavy atom. The Balaban J connectivity index is 2.24. The van der Waals surface area contributed by atoms with Crippen LogP contribution in [0.4, 0.5) is 10.1 Å². The topological polar surface area (TPSA) is 50.7 Å². The van der Waals surface area contributed by atoms with E-state index in [4.69, 9.17) is 21.1 Å². The average Bonchev–Trinajstić information content (AvgIpc) is 2.36. The largest absolute Gasteiger partial charge is 0.389 e. The number of aliphatic hydroxyl groups is 1. The number of methoxy groups -OCH3 is 1. The van der Waals surface area contributed by atoms with Crippen LogP contribution in [0.1, 0.15) is 0 Å². The Morgan fingerprint density at radius 1 is 1.44 bits per heavy atom. The first-order valence-corrected chi connectivity index (χ1v) is 5.95. The number of anilines is 1.